The van der Waals surface area contributed by atoms with Gasteiger partial charge in [0.25, 0.3) is 0 Å². The molecule has 1 aliphatic carbocycles. The Morgan fingerprint density at radius 1 is 1.23 bits per heavy atom. The van der Waals surface area contributed by atoms with Gasteiger partial charge in [-0.15, -0.1) is 0 Å². The standard InChI is InChI=1S/C12H10O/c1-2-7-12-11(6-1)9-4-3-5-10(8-9)13-12/h1-7,10H,8H2. The van der Waals surface area contributed by atoms with Crippen LogP contribution >= 0.6 is 0 Å². The van der Waals surface area contributed by atoms with Gasteiger partial charge in [-0.25, -0.2) is 0 Å². The molecule has 1 nitrogen and oxygen atoms in total. The second-order valence-electron chi connectivity index (χ2n) is 3.43. The average Bonchev–Trinajstić information content (AvgIpc) is 2.18. The van der Waals surface area contributed by atoms with Gasteiger partial charge in [-0.2, -0.15) is 0 Å². The molecule has 64 valence electrons. The Kier molecular flexibility index (Phi) is 1.33. The average molecular weight is 170 g/mol. The summed E-state index contributed by atoms with van der Waals surface area (Å²) >= 11 is 0. The van der Waals surface area contributed by atoms with Gasteiger partial charge >= 0.3 is 0 Å². The maximum Gasteiger partial charge on any atom is 0.127 e. The van der Waals surface area contributed by atoms with Crippen LogP contribution in [0.2, 0.25) is 0 Å². The Balaban J connectivity index is 2.21. The quantitative estimate of drug-likeness (QED) is 0.581. The number of para-hydroxylation sites is 1. The minimum Gasteiger partial charge on any atom is -0.485 e. The van der Waals surface area contributed by atoms with Gasteiger partial charge in [0.15, 0.2) is 0 Å². The zero-order chi connectivity index (χ0) is 8.67. The fraction of sp³-hybridized carbons (Fsp3) is 0.167. The maximum absolute atomic E-state index is 5.78. The normalized spacial score (nSPS) is 23.1. The van der Waals surface area contributed by atoms with Crippen LogP contribution in [-0.4, -0.2) is 6.10 Å². The van der Waals surface area contributed by atoms with E-state index in [1.54, 1.807) is 0 Å². The van der Waals surface area contributed by atoms with Crippen LogP contribution in [-0.2, 0) is 0 Å². The summed E-state index contributed by atoms with van der Waals surface area (Å²) in [6, 6.07) is 8.23. The predicted molar refractivity (Wildman–Crippen MR) is 52.6 cm³/mol. The van der Waals surface area contributed by atoms with Crippen molar-refractivity contribution in [2.24, 2.45) is 0 Å². The highest BCUT2D eigenvalue weighted by molar-refractivity contribution is 5.74. The first kappa shape index (κ1) is 6.96. The van der Waals surface area contributed by atoms with E-state index in [1.165, 1.54) is 11.1 Å². The SMILES string of the molecule is C1=CC2CC(=C1)c1ccccc1O2. The molecule has 0 aromatic heterocycles. The lowest BCUT2D eigenvalue weighted by atomic mass is 9.92. The summed E-state index contributed by atoms with van der Waals surface area (Å²) in [6.45, 7) is 0. The second kappa shape index (κ2) is 2.49. The first-order valence-electron chi connectivity index (χ1n) is 4.57. The summed E-state index contributed by atoms with van der Waals surface area (Å²) in [4.78, 5) is 0. The smallest absolute Gasteiger partial charge is 0.127 e. The Bertz CT molecular complexity index is 401. The lowest BCUT2D eigenvalue weighted by Crippen LogP contribution is -2.21. The van der Waals surface area contributed by atoms with Crippen LogP contribution in [0.15, 0.2) is 42.5 Å². The Labute approximate surface area is 77.3 Å². The van der Waals surface area contributed by atoms with Gasteiger partial charge in [0.2, 0.25) is 0 Å². The van der Waals surface area contributed by atoms with Crippen LogP contribution in [0.1, 0.15) is 12.0 Å². The van der Waals surface area contributed by atoms with E-state index in [0.29, 0.717) is 0 Å². The molecule has 1 heterocycles. The van der Waals surface area contributed by atoms with Crippen molar-refractivity contribution in [1.82, 2.24) is 0 Å². The van der Waals surface area contributed by atoms with Crippen LogP contribution in [0, 0.1) is 0 Å². The third kappa shape index (κ3) is 1.00. The van der Waals surface area contributed by atoms with E-state index in [1.807, 2.05) is 12.1 Å². The summed E-state index contributed by atoms with van der Waals surface area (Å²) in [5.41, 5.74) is 2.65. The molecule has 1 heteroatoms. The van der Waals surface area contributed by atoms with Crippen molar-refractivity contribution in [3.63, 3.8) is 0 Å². The van der Waals surface area contributed by atoms with Crippen molar-refractivity contribution in [2.45, 2.75) is 12.5 Å². The van der Waals surface area contributed by atoms with Gasteiger partial charge in [0.05, 0.1) is 0 Å². The summed E-state index contributed by atoms with van der Waals surface area (Å²) in [7, 11) is 0. The second-order valence-corrected chi connectivity index (χ2v) is 3.43. The van der Waals surface area contributed by atoms with E-state index in [4.69, 9.17) is 4.74 Å². The zero-order valence-corrected chi connectivity index (χ0v) is 7.23. The molecule has 0 radical (unpaired) electrons. The molecule has 1 aromatic carbocycles. The van der Waals surface area contributed by atoms with E-state index in [-0.39, 0.29) is 6.10 Å². The van der Waals surface area contributed by atoms with Crippen LogP contribution in [0.5, 0.6) is 5.75 Å². The highest BCUT2D eigenvalue weighted by Gasteiger charge is 2.22. The third-order valence-corrected chi connectivity index (χ3v) is 2.56. The van der Waals surface area contributed by atoms with Crippen molar-refractivity contribution in [1.29, 1.82) is 0 Å². The third-order valence-electron chi connectivity index (χ3n) is 2.56. The van der Waals surface area contributed by atoms with Gasteiger partial charge in [0.1, 0.15) is 11.9 Å². The fourth-order valence-electron chi connectivity index (χ4n) is 1.93. The number of allylic oxidation sites excluding steroid dienone is 2. The maximum atomic E-state index is 5.78. The number of hydrogen-bond donors (Lipinski definition) is 0. The Morgan fingerprint density at radius 3 is 3.15 bits per heavy atom. The van der Waals surface area contributed by atoms with Crippen molar-refractivity contribution in [2.75, 3.05) is 0 Å². The summed E-state index contributed by atoms with van der Waals surface area (Å²) in [5, 5.41) is 0. The molecule has 0 saturated carbocycles. The summed E-state index contributed by atoms with van der Waals surface area (Å²) < 4.78 is 5.78. The molecule has 1 atom stereocenters. The molecule has 3 rings (SSSR count). The number of hydrogen-bond acceptors (Lipinski definition) is 1. The van der Waals surface area contributed by atoms with Crippen LogP contribution in [0.4, 0.5) is 0 Å². The van der Waals surface area contributed by atoms with Crippen LogP contribution in [0.3, 0.4) is 0 Å². The van der Waals surface area contributed by atoms with Gasteiger partial charge in [-0.05, 0) is 17.7 Å². The molecular formula is C12H10O. The molecule has 0 spiro atoms. The minimum atomic E-state index is 0.259. The first-order valence-corrected chi connectivity index (χ1v) is 4.57. The van der Waals surface area contributed by atoms with E-state index < -0.39 is 0 Å². The molecule has 1 unspecified atom stereocenters. The molecular weight excluding hydrogens is 160 g/mol. The number of rotatable bonds is 0. The highest BCUT2D eigenvalue weighted by atomic mass is 16.5. The van der Waals surface area contributed by atoms with Gasteiger partial charge in [0, 0.05) is 12.0 Å². The highest BCUT2D eigenvalue weighted by Crippen LogP contribution is 2.37. The molecule has 1 aromatic rings. The first-order chi connectivity index (χ1) is 6.43. The van der Waals surface area contributed by atoms with Gasteiger partial charge in [-0.1, -0.05) is 30.4 Å². The molecule has 0 N–H and O–H groups in total. The Hall–Kier alpha value is -1.50. The van der Waals surface area contributed by atoms with Crippen molar-refractivity contribution < 1.29 is 4.74 Å². The molecule has 1 aliphatic heterocycles. The molecule has 0 fully saturated rings. The van der Waals surface area contributed by atoms with Crippen LogP contribution < -0.4 is 4.74 Å². The lowest BCUT2D eigenvalue weighted by Gasteiger charge is -2.28. The molecule has 0 saturated heterocycles. The van der Waals surface area contributed by atoms with Crippen LogP contribution in [0.25, 0.3) is 5.57 Å². The topological polar surface area (TPSA) is 9.23 Å². The summed E-state index contributed by atoms with van der Waals surface area (Å²) in [5.74, 6) is 1.02. The number of ether oxygens (including phenoxy) is 1. The number of benzene rings is 1. The number of fused-ring (bicyclic) bond motifs is 4. The largest absolute Gasteiger partial charge is 0.485 e. The van der Waals surface area contributed by atoms with Crippen molar-refractivity contribution in [3.8, 4) is 5.75 Å². The monoisotopic (exact) mass is 170 g/mol. The van der Waals surface area contributed by atoms with E-state index in [0.717, 1.165) is 12.2 Å². The Morgan fingerprint density at radius 2 is 2.15 bits per heavy atom. The van der Waals surface area contributed by atoms with E-state index >= 15 is 0 Å². The predicted octanol–water partition coefficient (Wildman–Crippen LogP) is 2.79. The zero-order valence-electron chi connectivity index (χ0n) is 7.23. The van der Waals surface area contributed by atoms with Crippen molar-refractivity contribution >= 4 is 5.57 Å². The van der Waals surface area contributed by atoms with Gasteiger partial charge < -0.3 is 4.74 Å². The van der Waals surface area contributed by atoms with Crippen molar-refractivity contribution in [3.05, 3.63) is 48.1 Å². The van der Waals surface area contributed by atoms with Gasteiger partial charge in [-0.3, -0.25) is 0 Å². The van der Waals surface area contributed by atoms with E-state index in [9.17, 15) is 0 Å². The molecule has 13 heavy (non-hydrogen) atoms. The summed E-state index contributed by atoms with van der Waals surface area (Å²) in [6.07, 6.45) is 7.65. The lowest BCUT2D eigenvalue weighted by molar-refractivity contribution is 0.244. The van der Waals surface area contributed by atoms with E-state index in [2.05, 4.69) is 30.4 Å². The molecule has 2 bridgehead atoms. The fourth-order valence-corrected chi connectivity index (χ4v) is 1.93. The minimum absolute atomic E-state index is 0.259. The molecule has 0 amide bonds. The molecule has 2 aliphatic rings.